The van der Waals surface area contributed by atoms with Crippen LogP contribution in [0.1, 0.15) is 17.3 Å². The number of nitro benzene ring substituents is 1. The van der Waals surface area contributed by atoms with Crippen molar-refractivity contribution in [1.82, 2.24) is 0 Å². The summed E-state index contributed by atoms with van der Waals surface area (Å²) in [7, 11) is 0. The first-order chi connectivity index (χ1) is 15.0. The molecule has 31 heavy (non-hydrogen) atoms. The fraction of sp³-hybridized carbons (Fsp3) is 0.130. The highest BCUT2D eigenvalue weighted by molar-refractivity contribution is 6.07. The number of hydrogen-bond acceptors (Lipinski definition) is 5. The van der Waals surface area contributed by atoms with Gasteiger partial charge < -0.3 is 15.0 Å². The van der Waals surface area contributed by atoms with Gasteiger partial charge in [0.25, 0.3) is 17.5 Å². The maximum Gasteiger partial charge on any atom is 0.269 e. The molecule has 3 rings (SSSR count). The van der Waals surface area contributed by atoms with Gasteiger partial charge in [-0.25, -0.2) is 0 Å². The van der Waals surface area contributed by atoms with Crippen LogP contribution in [0.2, 0.25) is 0 Å². The first-order valence-electron chi connectivity index (χ1n) is 9.62. The molecule has 0 saturated heterocycles. The maximum atomic E-state index is 12.9. The Balaban J connectivity index is 1.62. The number of amides is 2. The van der Waals surface area contributed by atoms with E-state index in [1.807, 2.05) is 37.3 Å². The molecule has 8 heteroatoms. The van der Waals surface area contributed by atoms with E-state index < -0.39 is 10.8 Å². The smallest absolute Gasteiger partial charge is 0.269 e. The molecule has 0 saturated carbocycles. The summed E-state index contributed by atoms with van der Waals surface area (Å²) in [6, 6.07) is 21.5. The number of rotatable bonds is 8. The highest BCUT2D eigenvalue weighted by Gasteiger charge is 2.16. The lowest BCUT2D eigenvalue weighted by Crippen LogP contribution is -2.30. The average molecular weight is 419 g/mol. The SMILES string of the molecule is CCN(C(=O)c1cccc(NC(=O)COc2ccc([N+](=O)[O-])cc2)c1)c1ccccc1. The number of carbonyl (C=O) groups excluding carboxylic acids is 2. The molecule has 2 amide bonds. The van der Waals surface area contributed by atoms with Crippen LogP contribution in [-0.2, 0) is 4.79 Å². The largest absolute Gasteiger partial charge is 0.484 e. The van der Waals surface area contributed by atoms with Gasteiger partial charge in [0.2, 0.25) is 0 Å². The van der Waals surface area contributed by atoms with Crippen LogP contribution in [0.5, 0.6) is 5.75 Å². The Morgan fingerprint density at radius 1 is 1.00 bits per heavy atom. The Morgan fingerprint density at radius 3 is 2.35 bits per heavy atom. The maximum absolute atomic E-state index is 12.9. The third kappa shape index (κ3) is 5.66. The van der Waals surface area contributed by atoms with Crippen molar-refractivity contribution in [3.63, 3.8) is 0 Å². The van der Waals surface area contributed by atoms with Crippen molar-refractivity contribution >= 4 is 28.9 Å². The third-order valence-electron chi connectivity index (χ3n) is 4.44. The molecule has 0 aliphatic carbocycles. The van der Waals surface area contributed by atoms with Crippen LogP contribution < -0.4 is 15.0 Å². The standard InChI is InChI=1S/C23H21N3O5/c1-2-25(19-9-4-3-5-10-19)23(28)17-7-6-8-18(15-17)24-22(27)16-31-21-13-11-20(12-14-21)26(29)30/h3-15H,2,16H2,1H3,(H,24,27). The van der Waals surface area contributed by atoms with Gasteiger partial charge in [0, 0.05) is 35.6 Å². The lowest BCUT2D eigenvalue weighted by atomic mass is 10.1. The molecule has 0 aromatic heterocycles. The number of carbonyl (C=O) groups is 2. The monoisotopic (exact) mass is 419 g/mol. The van der Waals surface area contributed by atoms with E-state index in [2.05, 4.69) is 5.32 Å². The predicted octanol–water partition coefficient (Wildman–Crippen LogP) is 4.28. The van der Waals surface area contributed by atoms with Gasteiger partial charge in [-0.15, -0.1) is 0 Å². The zero-order valence-corrected chi connectivity index (χ0v) is 16.9. The molecular weight excluding hydrogens is 398 g/mol. The highest BCUT2D eigenvalue weighted by Crippen LogP contribution is 2.19. The number of nitrogens with one attached hydrogen (secondary N) is 1. The first kappa shape index (κ1) is 21.5. The summed E-state index contributed by atoms with van der Waals surface area (Å²) in [6.45, 7) is 2.12. The number of hydrogen-bond donors (Lipinski definition) is 1. The second-order valence-corrected chi connectivity index (χ2v) is 6.55. The number of non-ortho nitro benzene ring substituents is 1. The Labute approximate surface area is 179 Å². The Kier molecular flexibility index (Phi) is 6.95. The van der Waals surface area contributed by atoms with Crippen molar-refractivity contribution in [3.8, 4) is 5.75 Å². The van der Waals surface area contributed by atoms with Gasteiger partial charge in [0.05, 0.1) is 4.92 Å². The Bertz CT molecular complexity index is 1070. The summed E-state index contributed by atoms with van der Waals surface area (Å²) in [4.78, 5) is 37.0. The predicted molar refractivity (Wildman–Crippen MR) is 117 cm³/mol. The van der Waals surface area contributed by atoms with Gasteiger partial charge in [0.1, 0.15) is 5.75 Å². The minimum atomic E-state index is -0.512. The number of anilines is 2. The highest BCUT2D eigenvalue weighted by atomic mass is 16.6. The molecule has 3 aromatic rings. The molecule has 0 atom stereocenters. The van der Waals surface area contributed by atoms with Crippen molar-refractivity contribution in [1.29, 1.82) is 0 Å². The zero-order chi connectivity index (χ0) is 22.2. The average Bonchev–Trinajstić information content (AvgIpc) is 2.79. The van der Waals surface area contributed by atoms with Crippen LogP contribution >= 0.6 is 0 Å². The first-order valence-corrected chi connectivity index (χ1v) is 9.62. The lowest BCUT2D eigenvalue weighted by molar-refractivity contribution is -0.384. The molecule has 0 aliphatic rings. The molecule has 0 spiro atoms. The summed E-state index contributed by atoms with van der Waals surface area (Å²) in [5, 5.41) is 13.4. The van der Waals surface area contributed by atoms with Gasteiger partial charge in [-0.3, -0.25) is 19.7 Å². The van der Waals surface area contributed by atoms with E-state index in [0.29, 0.717) is 23.5 Å². The van der Waals surface area contributed by atoms with Crippen molar-refractivity contribution in [2.45, 2.75) is 6.92 Å². The van der Waals surface area contributed by atoms with E-state index in [-0.39, 0.29) is 18.2 Å². The van der Waals surface area contributed by atoms with Crippen LogP contribution in [0.15, 0.2) is 78.9 Å². The minimum Gasteiger partial charge on any atom is -0.484 e. The molecule has 0 aliphatic heterocycles. The second kappa shape index (κ2) is 10.0. The lowest BCUT2D eigenvalue weighted by Gasteiger charge is -2.21. The van der Waals surface area contributed by atoms with E-state index in [1.165, 1.54) is 24.3 Å². The van der Waals surface area contributed by atoms with E-state index in [1.54, 1.807) is 29.2 Å². The number of benzene rings is 3. The van der Waals surface area contributed by atoms with Crippen LogP contribution in [0.3, 0.4) is 0 Å². The van der Waals surface area contributed by atoms with Gasteiger partial charge in [0.15, 0.2) is 6.61 Å². The van der Waals surface area contributed by atoms with Gasteiger partial charge in [-0.2, -0.15) is 0 Å². The summed E-state index contributed by atoms with van der Waals surface area (Å²) >= 11 is 0. The van der Waals surface area contributed by atoms with Crippen LogP contribution in [0, 0.1) is 10.1 Å². The third-order valence-corrected chi connectivity index (χ3v) is 4.44. The zero-order valence-electron chi connectivity index (χ0n) is 16.9. The van der Waals surface area contributed by atoms with Crippen molar-refractivity contribution in [2.24, 2.45) is 0 Å². The summed E-state index contributed by atoms with van der Waals surface area (Å²) in [6.07, 6.45) is 0. The molecule has 0 bridgehead atoms. The van der Waals surface area contributed by atoms with E-state index in [4.69, 9.17) is 4.74 Å². The quantitative estimate of drug-likeness (QED) is 0.434. The molecule has 8 nitrogen and oxygen atoms in total. The van der Waals surface area contributed by atoms with Crippen LogP contribution in [-0.4, -0.2) is 29.9 Å². The Morgan fingerprint density at radius 2 is 1.71 bits per heavy atom. The fourth-order valence-electron chi connectivity index (χ4n) is 2.95. The molecule has 158 valence electrons. The number of ether oxygens (including phenoxy) is 1. The van der Waals surface area contributed by atoms with Gasteiger partial charge >= 0.3 is 0 Å². The van der Waals surface area contributed by atoms with Crippen molar-refractivity contribution in [2.75, 3.05) is 23.4 Å². The normalized spacial score (nSPS) is 10.2. The summed E-state index contributed by atoms with van der Waals surface area (Å²) in [5.41, 5.74) is 1.64. The summed E-state index contributed by atoms with van der Waals surface area (Å²) in [5.74, 6) is -0.253. The van der Waals surface area contributed by atoms with E-state index in [9.17, 15) is 19.7 Å². The number of para-hydroxylation sites is 1. The molecule has 0 unspecified atom stereocenters. The Hall–Kier alpha value is -4.20. The molecule has 1 N–H and O–H groups in total. The van der Waals surface area contributed by atoms with Crippen molar-refractivity contribution < 1.29 is 19.2 Å². The van der Waals surface area contributed by atoms with E-state index >= 15 is 0 Å². The molecule has 0 heterocycles. The van der Waals surface area contributed by atoms with Crippen molar-refractivity contribution in [3.05, 3.63) is 94.5 Å². The molecule has 0 fully saturated rings. The van der Waals surface area contributed by atoms with Crippen LogP contribution in [0.4, 0.5) is 17.1 Å². The molecular formula is C23H21N3O5. The topological polar surface area (TPSA) is 102 Å². The molecule has 0 radical (unpaired) electrons. The van der Waals surface area contributed by atoms with E-state index in [0.717, 1.165) is 5.69 Å². The minimum absolute atomic E-state index is 0.0603. The summed E-state index contributed by atoms with van der Waals surface area (Å²) < 4.78 is 5.36. The van der Waals surface area contributed by atoms with Gasteiger partial charge in [-0.1, -0.05) is 24.3 Å². The second-order valence-electron chi connectivity index (χ2n) is 6.55. The number of nitro groups is 1. The van der Waals surface area contributed by atoms with Gasteiger partial charge in [-0.05, 0) is 49.4 Å². The fourth-order valence-corrected chi connectivity index (χ4v) is 2.95. The van der Waals surface area contributed by atoms with Crippen LogP contribution in [0.25, 0.3) is 0 Å². The molecule has 3 aromatic carbocycles. The number of nitrogens with zero attached hydrogens (tertiary/aromatic N) is 2.